The van der Waals surface area contributed by atoms with Gasteiger partial charge in [0.2, 0.25) is 0 Å². The van der Waals surface area contributed by atoms with Gasteiger partial charge in [0.05, 0.1) is 23.9 Å². The molecule has 5 nitrogen and oxygen atoms in total. The van der Waals surface area contributed by atoms with Crippen molar-refractivity contribution in [3.63, 3.8) is 0 Å². The van der Waals surface area contributed by atoms with Gasteiger partial charge in [0.25, 0.3) is 0 Å². The molecule has 0 aliphatic rings. The average molecular weight is 394 g/mol. The third kappa shape index (κ3) is 3.14. The van der Waals surface area contributed by atoms with Gasteiger partial charge < -0.3 is 14.3 Å². The van der Waals surface area contributed by atoms with Crippen molar-refractivity contribution in [3.8, 4) is 22.4 Å². The van der Waals surface area contributed by atoms with Crippen molar-refractivity contribution in [1.29, 1.82) is 0 Å². The van der Waals surface area contributed by atoms with Crippen molar-refractivity contribution < 1.29 is 4.42 Å². The van der Waals surface area contributed by atoms with Crippen LogP contribution >= 0.6 is 0 Å². The summed E-state index contributed by atoms with van der Waals surface area (Å²) in [6.45, 7) is 3.45. The molecule has 0 aliphatic carbocycles. The van der Waals surface area contributed by atoms with E-state index in [0.29, 0.717) is 6.54 Å². The average Bonchev–Trinajstić information content (AvgIpc) is 3.42. The van der Waals surface area contributed by atoms with E-state index in [0.717, 1.165) is 51.5 Å². The second kappa shape index (κ2) is 7.87. The minimum atomic E-state index is 0.586. The SMILES string of the molecule is CCNc1ncnc2c1c(-c1ccccc1)c(-c1ccccc1)n2Cc1ccco1. The molecule has 0 spiro atoms. The molecule has 0 saturated carbocycles. The first-order valence-corrected chi connectivity index (χ1v) is 10.1. The summed E-state index contributed by atoms with van der Waals surface area (Å²) in [5, 5.41) is 4.45. The lowest BCUT2D eigenvalue weighted by molar-refractivity contribution is 0.497. The molecule has 0 radical (unpaired) electrons. The van der Waals surface area contributed by atoms with E-state index >= 15 is 0 Å². The van der Waals surface area contributed by atoms with Gasteiger partial charge in [-0.3, -0.25) is 0 Å². The van der Waals surface area contributed by atoms with Gasteiger partial charge in [-0.15, -0.1) is 0 Å². The first-order valence-electron chi connectivity index (χ1n) is 10.1. The van der Waals surface area contributed by atoms with Gasteiger partial charge >= 0.3 is 0 Å². The Morgan fingerprint density at radius 3 is 2.27 bits per heavy atom. The fourth-order valence-electron chi connectivity index (χ4n) is 3.97. The molecule has 3 heterocycles. The highest BCUT2D eigenvalue weighted by molar-refractivity contribution is 6.08. The summed E-state index contributed by atoms with van der Waals surface area (Å²) in [6, 6.07) is 24.8. The third-order valence-corrected chi connectivity index (χ3v) is 5.19. The molecule has 0 saturated heterocycles. The molecule has 2 aromatic carbocycles. The van der Waals surface area contributed by atoms with Crippen LogP contribution in [0.1, 0.15) is 12.7 Å². The van der Waals surface area contributed by atoms with Crippen molar-refractivity contribution in [2.75, 3.05) is 11.9 Å². The maximum atomic E-state index is 5.69. The van der Waals surface area contributed by atoms with Crippen LogP contribution in [0.15, 0.2) is 89.8 Å². The van der Waals surface area contributed by atoms with Gasteiger partial charge in [-0.05, 0) is 30.2 Å². The van der Waals surface area contributed by atoms with Gasteiger partial charge in [-0.1, -0.05) is 60.7 Å². The summed E-state index contributed by atoms with van der Waals surface area (Å²) < 4.78 is 7.92. The Hall–Kier alpha value is -3.86. The van der Waals surface area contributed by atoms with Gasteiger partial charge in [0.1, 0.15) is 23.6 Å². The van der Waals surface area contributed by atoms with Gasteiger partial charge in [-0.2, -0.15) is 0 Å². The van der Waals surface area contributed by atoms with Crippen LogP contribution < -0.4 is 5.32 Å². The van der Waals surface area contributed by atoms with Gasteiger partial charge in [-0.25, -0.2) is 9.97 Å². The number of hydrogen-bond donors (Lipinski definition) is 1. The lowest BCUT2D eigenvalue weighted by Crippen LogP contribution is -2.04. The predicted molar refractivity (Wildman–Crippen MR) is 120 cm³/mol. The molecule has 5 aromatic rings. The molecular weight excluding hydrogens is 372 g/mol. The van der Waals surface area contributed by atoms with Gasteiger partial charge in [0, 0.05) is 12.1 Å². The van der Waals surface area contributed by atoms with E-state index in [1.165, 1.54) is 0 Å². The quantitative estimate of drug-likeness (QED) is 0.393. The molecule has 0 bridgehead atoms. The summed E-state index contributed by atoms with van der Waals surface area (Å²) in [4.78, 5) is 9.28. The molecule has 5 rings (SSSR count). The topological polar surface area (TPSA) is 55.9 Å². The Labute approximate surface area is 175 Å². The Bertz CT molecular complexity index is 1260. The molecule has 1 N–H and O–H groups in total. The van der Waals surface area contributed by atoms with E-state index in [9.17, 15) is 0 Å². The summed E-state index contributed by atoms with van der Waals surface area (Å²) in [5.41, 5.74) is 5.37. The molecule has 148 valence electrons. The highest BCUT2D eigenvalue weighted by Crippen LogP contribution is 2.42. The summed E-state index contributed by atoms with van der Waals surface area (Å²) in [5.74, 6) is 1.73. The molecule has 0 amide bonds. The highest BCUT2D eigenvalue weighted by atomic mass is 16.3. The lowest BCUT2D eigenvalue weighted by Gasteiger charge is -2.11. The smallest absolute Gasteiger partial charge is 0.147 e. The zero-order chi connectivity index (χ0) is 20.3. The number of nitrogens with zero attached hydrogens (tertiary/aromatic N) is 3. The standard InChI is InChI=1S/C25H22N4O/c1-2-26-24-22-21(18-10-5-3-6-11-18)23(19-12-7-4-8-13-19)29(25(22)28-17-27-24)16-20-14-9-15-30-20/h3-15,17H,2,16H2,1H3,(H,26,27,28). The van der Waals surface area contributed by atoms with Crippen molar-refractivity contribution in [1.82, 2.24) is 14.5 Å². The largest absolute Gasteiger partial charge is 0.467 e. The minimum absolute atomic E-state index is 0.586. The zero-order valence-corrected chi connectivity index (χ0v) is 16.7. The molecule has 0 unspecified atom stereocenters. The number of nitrogens with one attached hydrogen (secondary N) is 1. The second-order valence-electron chi connectivity index (χ2n) is 7.07. The number of hydrogen-bond acceptors (Lipinski definition) is 4. The number of benzene rings is 2. The number of furan rings is 1. The van der Waals surface area contributed by atoms with E-state index in [1.54, 1.807) is 12.6 Å². The van der Waals surface area contributed by atoms with Crippen LogP contribution in [0.3, 0.4) is 0 Å². The van der Waals surface area contributed by atoms with E-state index in [-0.39, 0.29) is 0 Å². The van der Waals surface area contributed by atoms with E-state index in [4.69, 9.17) is 9.40 Å². The number of anilines is 1. The van der Waals surface area contributed by atoms with Crippen LogP contribution in [0.5, 0.6) is 0 Å². The molecule has 0 fully saturated rings. The molecule has 0 aliphatic heterocycles. The monoisotopic (exact) mass is 394 g/mol. The molecule has 5 heteroatoms. The predicted octanol–water partition coefficient (Wildman–Crippen LogP) is 5.84. The van der Waals surface area contributed by atoms with E-state index in [1.807, 2.05) is 24.3 Å². The van der Waals surface area contributed by atoms with Crippen LogP contribution in [0.4, 0.5) is 5.82 Å². The molecule has 0 atom stereocenters. The van der Waals surface area contributed by atoms with Crippen molar-refractivity contribution in [2.24, 2.45) is 0 Å². The first-order chi connectivity index (χ1) is 14.9. The number of fused-ring (bicyclic) bond motifs is 1. The summed E-state index contributed by atoms with van der Waals surface area (Å²) >= 11 is 0. The minimum Gasteiger partial charge on any atom is -0.467 e. The van der Waals surface area contributed by atoms with Crippen LogP contribution in [0.2, 0.25) is 0 Å². The van der Waals surface area contributed by atoms with Crippen molar-refractivity contribution in [2.45, 2.75) is 13.5 Å². The zero-order valence-electron chi connectivity index (χ0n) is 16.7. The fourth-order valence-corrected chi connectivity index (χ4v) is 3.97. The maximum Gasteiger partial charge on any atom is 0.147 e. The Morgan fingerprint density at radius 1 is 0.867 bits per heavy atom. The Morgan fingerprint density at radius 2 is 1.60 bits per heavy atom. The maximum absolute atomic E-state index is 5.69. The Balaban J connectivity index is 1.90. The number of rotatable bonds is 6. The second-order valence-corrected chi connectivity index (χ2v) is 7.07. The molecule has 3 aromatic heterocycles. The van der Waals surface area contributed by atoms with Crippen LogP contribution in [0.25, 0.3) is 33.4 Å². The lowest BCUT2D eigenvalue weighted by atomic mass is 9.99. The third-order valence-electron chi connectivity index (χ3n) is 5.19. The number of aromatic nitrogens is 3. The van der Waals surface area contributed by atoms with Crippen LogP contribution in [-0.4, -0.2) is 21.1 Å². The summed E-state index contributed by atoms with van der Waals surface area (Å²) in [7, 11) is 0. The van der Waals surface area contributed by atoms with Crippen molar-refractivity contribution >= 4 is 16.9 Å². The highest BCUT2D eigenvalue weighted by Gasteiger charge is 2.24. The van der Waals surface area contributed by atoms with Gasteiger partial charge in [0.15, 0.2) is 0 Å². The van der Waals surface area contributed by atoms with Crippen LogP contribution in [-0.2, 0) is 6.54 Å². The first kappa shape index (κ1) is 18.2. The van der Waals surface area contributed by atoms with E-state index < -0.39 is 0 Å². The normalized spacial score (nSPS) is 11.1. The van der Waals surface area contributed by atoms with E-state index in [2.05, 4.69) is 70.3 Å². The molecule has 30 heavy (non-hydrogen) atoms. The fraction of sp³-hybridized carbons (Fsp3) is 0.120. The van der Waals surface area contributed by atoms with Crippen LogP contribution in [0, 0.1) is 0 Å². The molecular formula is C25H22N4O. The van der Waals surface area contributed by atoms with Crippen molar-refractivity contribution in [3.05, 3.63) is 91.1 Å². The summed E-state index contributed by atoms with van der Waals surface area (Å²) in [6.07, 6.45) is 3.34. The Kier molecular flexibility index (Phi) is 4.77.